The fourth-order valence-electron chi connectivity index (χ4n) is 8.64. The molecular formula is C49H39NS. The number of benzene rings is 8. The minimum Gasteiger partial charge on any atom is -0.308 e. The third-order valence-electron chi connectivity index (χ3n) is 11.4. The van der Waals surface area contributed by atoms with Gasteiger partial charge in [-0.1, -0.05) is 150 Å². The lowest BCUT2D eigenvalue weighted by Gasteiger charge is -2.35. The molecule has 0 spiro atoms. The summed E-state index contributed by atoms with van der Waals surface area (Å²) >= 11 is 1.91. The van der Waals surface area contributed by atoms with Gasteiger partial charge in [-0.15, -0.1) is 0 Å². The molecular weight excluding hydrogens is 635 g/mol. The highest BCUT2D eigenvalue weighted by molar-refractivity contribution is 7.99. The van der Waals surface area contributed by atoms with Crippen LogP contribution in [0.25, 0.3) is 54.6 Å². The Morgan fingerprint density at radius 1 is 0.471 bits per heavy atom. The summed E-state index contributed by atoms with van der Waals surface area (Å²) in [4.78, 5) is 5.10. The average molecular weight is 674 g/mol. The van der Waals surface area contributed by atoms with Gasteiger partial charge in [0.15, 0.2) is 0 Å². The monoisotopic (exact) mass is 673 g/mol. The molecule has 8 aromatic rings. The molecule has 2 aliphatic rings. The molecule has 1 nitrogen and oxygen atoms in total. The van der Waals surface area contributed by atoms with Gasteiger partial charge in [-0.25, -0.2) is 0 Å². The average Bonchev–Trinajstić information content (AvgIpc) is 3.37. The van der Waals surface area contributed by atoms with Crippen molar-refractivity contribution in [2.75, 3.05) is 4.90 Å². The van der Waals surface area contributed by atoms with Crippen LogP contribution in [0, 0.1) is 0 Å². The molecule has 8 aromatic carbocycles. The van der Waals surface area contributed by atoms with Crippen molar-refractivity contribution in [1.29, 1.82) is 0 Å². The molecule has 1 heterocycles. The van der Waals surface area contributed by atoms with Crippen molar-refractivity contribution in [2.24, 2.45) is 0 Å². The summed E-state index contributed by atoms with van der Waals surface area (Å²) in [6, 6.07) is 54.8. The minimum absolute atomic E-state index is 0.0664. The number of hydrogen-bond donors (Lipinski definition) is 0. The topological polar surface area (TPSA) is 3.24 Å². The molecule has 51 heavy (non-hydrogen) atoms. The van der Waals surface area contributed by atoms with Crippen LogP contribution >= 0.6 is 11.8 Å². The molecule has 0 N–H and O–H groups in total. The van der Waals surface area contributed by atoms with Gasteiger partial charge in [0.1, 0.15) is 0 Å². The molecule has 246 valence electrons. The largest absolute Gasteiger partial charge is 0.308 e. The smallest absolute Gasteiger partial charge is 0.0605 e. The van der Waals surface area contributed by atoms with Gasteiger partial charge in [-0.2, -0.15) is 0 Å². The van der Waals surface area contributed by atoms with E-state index in [1.165, 1.54) is 98.1 Å². The Kier molecular flexibility index (Phi) is 6.49. The molecule has 0 fully saturated rings. The predicted octanol–water partition coefficient (Wildman–Crippen LogP) is 14.4. The first kappa shape index (κ1) is 30.5. The van der Waals surface area contributed by atoms with Crippen LogP contribution in [0.5, 0.6) is 0 Å². The summed E-state index contributed by atoms with van der Waals surface area (Å²) in [5, 5.41) is 7.83. The van der Waals surface area contributed by atoms with Crippen LogP contribution in [0.4, 0.5) is 17.1 Å². The van der Waals surface area contributed by atoms with Gasteiger partial charge in [0, 0.05) is 20.9 Å². The highest BCUT2D eigenvalue weighted by Gasteiger charge is 2.38. The van der Waals surface area contributed by atoms with Crippen LogP contribution in [0.3, 0.4) is 0 Å². The lowest BCUT2D eigenvalue weighted by molar-refractivity contribution is 0.588. The fraction of sp³-hybridized carbons (Fsp3) is 0.143. The molecule has 1 aliphatic heterocycles. The van der Waals surface area contributed by atoms with Crippen molar-refractivity contribution < 1.29 is 0 Å². The van der Waals surface area contributed by atoms with Crippen molar-refractivity contribution in [1.82, 2.24) is 0 Å². The van der Waals surface area contributed by atoms with Crippen LogP contribution in [-0.2, 0) is 10.8 Å². The second kappa shape index (κ2) is 10.8. The highest BCUT2D eigenvalue weighted by Crippen LogP contribution is 2.57. The molecule has 0 unspecified atom stereocenters. The molecule has 0 radical (unpaired) electrons. The van der Waals surface area contributed by atoms with Gasteiger partial charge < -0.3 is 4.90 Å². The van der Waals surface area contributed by atoms with E-state index >= 15 is 0 Å². The van der Waals surface area contributed by atoms with E-state index in [4.69, 9.17) is 0 Å². The minimum atomic E-state index is -0.0664. The molecule has 0 saturated carbocycles. The van der Waals surface area contributed by atoms with Gasteiger partial charge in [0.25, 0.3) is 0 Å². The standard InChI is InChI=1S/C49H39NS/c1-48(2,3)32-21-25-44-46(27-32)51-47-28-41-39-16-10-11-17-42(39)49(4,5)43(41)29-45(47)50(44)33-22-18-30(19-23-33)31-20-24-38-36-14-7-6-12-34(36)35-13-8-9-15-37(35)40(38)26-31/h6-29H,1-5H3. The number of nitrogens with zero attached hydrogens (tertiary/aromatic N) is 1. The van der Waals surface area contributed by atoms with Crippen LogP contribution < -0.4 is 4.90 Å². The zero-order valence-electron chi connectivity index (χ0n) is 29.7. The van der Waals surface area contributed by atoms with Crippen molar-refractivity contribution in [3.63, 3.8) is 0 Å². The van der Waals surface area contributed by atoms with Gasteiger partial charge in [0.05, 0.1) is 11.4 Å². The predicted molar refractivity (Wildman–Crippen MR) is 219 cm³/mol. The van der Waals surface area contributed by atoms with Crippen LogP contribution in [0.1, 0.15) is 51.3 Å². The highest BCUT2D eigenvalue weighted by atomic mass is 32.2. The lowest BCUT2D eigenvalue weighted by Crippen LogP contribution is -2.19. The fourth-order valence-corrected chi connectivity index (χ4v) is 9.75. The molecule has 10 rings (SSSR count). The third kappa shape index (κ3) is 4.56. The first-order valence-corrected chi connectivity index (χ1v) is 18.8. The van der Waals surface area contributed by atoms with Gasteiger partial charge in [0.2, 0.25) is 0 Å². The van der Waals surface area contributed by atoms with E-state index in [0.29, 0.717) is 0 Å². The maximum Gasteiger partial charge on any atom is 0.0605 e. The van der Waals surface area contributed by atoms with Crippen molar-refractivity contribution >= 4 is 61.1 Å². The number of hydrogen-bond acceptors (Lipinski definition) is 2. The Labute approximate surface area is 304 Å². The summed E-state index contributed by atoms with van der Waals surface area (Å²) in [7, 11) is 0. The first-order valence-electron chi connectivity index (χ1n) is 18.0. The summed E-state index contributed by atoms with van der Waals surface area (Å²) < 4.78 is 0. The maximum absolute atomic E-state index is 2.50. The first-order chi connectivity index (χ1) is 24.7. The van der Waals surface area contributed by atoms with Crippen molar-refractivity contribution in [3.8, 4) is 22.3 Å². The summed E-state index contributed by atoms with van der Waals surface area (Å²) in [6.07, 6.45) is 0. The number of fused-ring (bicyclic) bond motifs is 11. The molecule has 0 bridgehead atoms. The second-order valence-electron chi connectivity index (χ2n) is 15.8. The Bertz CT molecular complexity index is 2690. The Morgan fingerprint density at radius 3 is 1.75 bits per heavy atom. The van der Waals surface area contributed by atoms with E-state index < -0.39 is 0 Å². The van der Waals surface area contributed by atoms with Gasteiger partial charge in [-0.05, 0) is 119 Å². The number of rotatable bonds is 2. The zero-order chi connectivity index (χ0) is 34.6. The molecule has 1 aliphatic carbocycles. The quantitative estimate of drug-likeness (QED) is 0.168. The zero-order valence-corrected chi connectivity index (χ0v) is 30.5. The Morgan fingerprint density at radius 2 is 1.06 bits per heavy atom. The lowest BCUT2D eigenvalue weighted by atomic mass is 9.82. The molecule has 0 saturated heterocycles. The van der Waals surface area contributed by atoms with Crippen molar-refractivity contribution in [2.45, 2.75) is 55.2 Å². The van der Waals surface area contributed by atoms with Crippen LogP contribution in [0.2, 0.25) is 0 Å². The van der Waals surface area contributed by atoms with E-state index in [9.17, 15) is 0 Å². The Hall–Kier alpha value is -5.31. The van der Waals surface area contributed by atoms with Crippen molar-refractivity contribution in [3.05, 3.63) is 162 Å². The van der Waals surface area contributed by atoms with Gasteiger partial charge in [-0.3, -0.25) is 0 Å². The SMILES string of the molecule is CC(C)(C)c1ccc2c(c1)Sc1cc3c(cc1N2c1ccc(-c2ccc4c5ccccc5c5ccccc5c4c2)cc1)C(C)(C)c1ccccc1-3. The summed E-state index contributed by atoms with van der Waals surface area (Å²) in [5.41, 5.74) is 13.0. The van der Waals surface area contributed by atoms with E-state index in [0.717, 1.165) is 0 Å². The van der Waals surface area contributed by atoms with E-state index in [2.05, 4.69) is 185 Å². The summed E-state index contributed by atoms with van der Waals surface area (Å²) in [5.74, 6) is 0. The van der Waals surface area contributed by atoms with Crippen LogP contribution in [0.15, 0.2) is 155 Å². The molecule has 2 heteroatoms. The molecule has 0 atom stereocenters. The van der Waals surface area contributed by atoms with E-state index in [-0.39, 0.29) is 10.8 Å². The number of anilines is 3. The second-order valence-corrected chi connectivity index (χ2v) is 16.9. The summed E-state index contributed by atoms with van der Waals surface area (Å²) in [6.45, 7) is 11.7. The van der Waals surface area contributed by atoms with E-state index in [1.54, 1.807) is 0 Å². The van der Waals surface area contributed by atoms with Crippen LogP contribution in [-0.4, -0.2) is 0 Å². The van der Waals surface area contributed by atoms with E-state index in [1.807, 2.05) is 11.8 Å². The molecule has 0 amide bonds. The third-order valence-corrected chi connectivity index (χ3v) is 12.5. The normalized spacial score (nSPS) is 14.4. The molecule has 0 aromatic heterocycles. The Balaban J connectivity index is 1.12. The maximum atomic E-state index is 2.50. The van der Waals surface area contributed by atoms with Gasteiger partial charge >= 0.3 is 0 Å².